The molecule has 0 atom stereocenters. The highest BCUT2D eigenvalue weighted by Gasteiger charge is 2.39. The van der Waals surface area contributed by atoms with Gasteiger partial charge in [0, 0.05) is 19.1 Å². The highest BCUT2D eigenvalue weighted by Crippen LogP contribution is 2.36. The normalized spacial score (nSPS) is 37.2. The molecule has 1 aliphatic heterocycles. The van der Waals surface area contributed by atoms with E-state index >= 15 is 0 Å². The van der Waals surface area contributed by atoms with E-state index in [-0.39, 0.29) is 0 Å². The van der Waals surface area contributed by atoms with Gasteiger partial charge >= 0.3 is 0 Å². The molecule has 2 rings (SSSR count). The van der Waals surface area contributed by atoms with Crippen molar-refractivity contribution < 1.29 is 8.17 Å². The van der Waals surface area contributed by atoms with Crippen LogP contribution < -0.4 is 5.73 Å². The van der Waals surface area contributed by atoms with Crippen LogP contribution >= 0.6 is 23.0 Å². The number of rotatable bonds is 3. The summed E-state index contributed by atoms with van der Waals surface area (Å²) in [6, 6.07) is 0.332. The van der Waals surface area contributed by atoms with Crippen LogP contribution in [-0.2, 0) is 3.07 Å². The van der Waals surface area contributed by atoms with Crippen molar-refractivity contribution in [3.05, 3.63) is 0 Å². The molecule has 0 spiro atoms. The number of likely N-dealkylation sites (tertiary alicyclic amines) is 1. The van der Waals surface area contributed by atoms with Gasteiger partial charge < -0.3 is 13.9 Å². The summed E-state index contributed by atoms with van der Waals surface area (Å²) >= 11 is 1.96. The summed E-state index contributed by atoms with van der Waals surface area (Å²) in [5.74, 6) is 0.624. The Bertz CT molecular complexity index is 237. The molecule has 0 amide bonds. The lowest BCUT2D eigenvalue weighted by Crippen LogP contribution is -2.55. The zero-order valence-corrected chi connectivity index (χ0v) is 12.4. The van der Waals surface area contributed by atoms with E-state index in [1.165, 1.54) is 0 Å². The number of aliphatic hydroxyl groups is 1. The van der Waals surface area contributed by atoms with Crippen LogP contribution in [0.1, 0.15) is 38.5 Å². The van der Waals surface area contributed by atoms with Crippen molar-refractivity contribution in [3.8, 4) is 0 Å². The first-order valence-electron chi connectivity index (χ1n) is 6.60. The molecule has 0 radical (unpaired) electrons. The molecule has 1 aliphatic carbocycles. The largest absolute Gasteiger partial charge is 0.376 e. The average Bonchev–Trinajstić information content (AvgIpc) is 2.33. The minimum Gasteiger partial charge on any atom is -0.376 e. The SMILES string of the molecule is NC1CCN(C2(O)CCC(COI)CC2)CC1. The minimum absolute atomic E-state index is 0.332. The van der Waals surface area contributed by atoms with Gasteiger partial charge in [0.25, 0.3) is 0 Å². The highest BCUT2D eigenvalue weighted by atomic mass is 127. The molecule has 2 aliphatic rings. The molecule has 1 saturated carbocycles. The number of nitrogens with two attached hydrogens (primary N) is 1. The lowest BCUT2D eigenvalue weighted by Gasteiger charge is -2.46. The van der Waals surface area contributed by atoms with E-state index in [0.29, 0.717) is 12.0 Å². The van der Waals surface area contributed by atoms with Crippen LogP contribution in [0.3, 0.4) is 0 Å². The highest BCUT2D eigenvalue weighted by molar-refractivity contribution is 14.1. The fourth-order valence-electron chi connectivity index (χ4n) is 3.03. The predicted octanol–water partition coefficient (Wildman–Crippen LogP) is 1.65. The van der Waals surface area contributed by atoms with Gasteiger partial charge in [-0.15, -0.1) is 0 Å². The number of hydrogen-bond acceptors (Lipinski definition) is 4. The van der Waals surface area contributed by atoms with Gasteiger partial charge in [0.05, 0.1) is 6.61 Å². The van der Waals surface area contributed by atoms with Crippen LogP contribution in [0.15, 0.2) is 0 Å². The lowest BCUT2D eigenvalue weighted by atomic mass is 9.82. The summed E-state index contributed by atoms with van der Waals surface area (Å²) in [7, 11) is 0. The summed E-state index contributed by atoms with van der Waals surface area (Å²) < 4.78 is 5.17. The van der Waals surface area contributed by atoms with Gasteiger partial charge in [-0.2, -0.15) is 0 Å². The topological polar surface area (TPSA) is 58.7 Å². The molecular weight excluding hydrogens is 331 g/mol. The standard InChI is InChI=1S/C12H23IN2O2/c13-17-9-10-1-5-12(16,6-2-10)15-7-3-11(14)4-8-15/h10-11,16H,1-9,14H2. The number of hydrogen-bond donors (Lipinski definition) is 2. The third-order valence-electron chi connectivity index (χ3n) is 4.33. The van der Waals surface area contributed by atoms with Crippen LogP contribution in [0.2, 0.25) is 0 Å². The molecule has 4 nitrogen and oxygen atoms in total. The molecule has 0 aromatic carbocycles. The number of halogens is 1. The first kappa shape index (κ1) is 14.0. The van der Waals surface area contributed by atoms with Crippen LogP contribution in [0.25, 0.3) is 0 Å². The summed E-state index contributed by atoms with van der Waals surface area (Å²) in [5, 5.41) is 10.7. The second kappa shape index (κ2) is 6.14. The Kier molecular flexibility index (Phi) is 5.06. The Morgan fingerprint density at radius 1 is 1.24 bits per heavy atom. The van der Waals surface area contributed by atoms with Crippen molar-refractivity contribution in [2.75, 3.05) is 19.7 Å². The fraction of sp³-hybridized carbons (Fsp3) is 1.00. The van der Waals surface area contributed by atoms with E-state index in [0.717, 1.165) is 58.2 Å². The molecule has 5 heteroatoms. The molecule has 1 saturated heterocycles. The average molecular weight is 354 g/mol. The van der Waals surface area contributed by atoms with Crippen LogP contribution in [0.5, 0.6) is 0 Å². The molecule has 0 aromatic rings. The predicted molar refractivity (Wildman–Crippen MR) is 75.7 cm³/mol. The van der Waals surface area contributed by atoms with Crippen molar-refractivity contribution in [1.82, 2.24) is 4.90 Å². The monoisotopic (exact) mass is 354 g/mol. The van der Waals surface area contributed by atoms with Gasteiger partial charge in [0.1, 0.15) is 28.7 Å². The van der Waals surface area contributed by atoms with E-state index < -0.39 is 5.72 Å². The van der Waals surface area contributed by atoms with E-state index in [4.69, 9.17) is 8.80 Å². The zero-order chi connectivity index (χ0) is 12.3. The molecule has 1 heterocycles. The molecule has 0 bridgehead atoms. The molecular formula is C12H23IN2O2. The molecule has 0 unspecified atom stereocenters. The zero-order valence-electron chi connectivity index (χ0n) is 10.3. The Hall–Kier alpha value is 0.570. The van der Waals surface area contributed by atoms with Gasteiger partial charge in [0.15, 0.2) is 0 Å². The Labute approximate surface area is 118 Å². The molecule has 2 fully saturated rings. The van der Waals surface area contributed by atoms with Gasteiger partial charge in [-0.3, -0.25) is 4.90 Å². The lowest BCUT2D eigenvalue weighted by molar-refractivity contribution is -0.146. The summed E-state index contributed by atoms with van der Waals surface area (Å²) in [6.07, 6.45) is 5.94. The smallest absolute Gasteiger partial charge is 0.118 e. The van der Waals surface area contributed by atoms with Crippen LogP contribution in [-0.4, -0.2) is 41.5 Å². The van der Waals surface area contributed by atoms with Gasteiger partial charge in [-0.25, -0.2) is 0 Å². The van der Waals surface area contributed by atoms with Crippen molar-refractivity contribution in [2.45, 2.75) is 50.3 Å². The summed E-state index contributed by atoms with van der Waals surface area (Å²) in [6.45, 7) is 2.72. The van der Waals surface area contributed by atoms with Gasteiger partial charge in [-0.1, -0.05) is 0 Å². The number of nitrogens with zero attached hydrogens (tertiary/aromatic N) is 1. The van der Waals surface area contributed by atoms with Gasteiger partial charge in [-0.05, 0) is 44.4 Å². The first-order valence-corrected chi connectivity index (χ1v) is 7.49. The molecule has 3 N–H and O–H groups in total. The maximum absolute atomic E-state index is 10.7. The third kappa shape index (κ3) is 3.53. The Balaban J connectivity index is 1.84. The summed E-state index contributed by atoms with van der Waals surface area (Å²) in [4.78, 5) is 2.25. The quantitative estimate of drug-likeness (QED) is 0.757. The third-order valence-corrected chi connectivity index (χ3v) is 4.69. The second-order valence-corrected chi connectivity index (χ2v) is 6.15. The van der Waals surface area contributed by atoms with Gasteiger partial charge in [0.2, 0.25) is 0 Å². The van der Waals surface area contributed by atoms with Crippen LogP contribution in [0, 0.1) is 5.92 Å². The first-order chi connectivity index (χ1) is 8.14. The van der Waals surface area contributed by atoms with Crippen molar-refractivity contribution in [3.63, 3.8) is 0 Å². The van der Waals surface area contributed by atoms with E-state index in [9.17, 15) is 5.11 Å². The maximum Gasteiger partial charge on any atom is 0.118 e. The Morgan fingerprint density at radius 3 is 2.35 bits per heavy atom. The van der Waals surface area contributed by atoms with Crippen LogP contribution in [0.4, 0.5) is 0 Å². The van der Waals surface area contributed by atoms with Crippen molar-refractivity contribution in [2.24, 2.45) is 11.7 Å². The molecule has 0 aromatic heterocycles. The fourth-order valence-corrected chi connectivity index (χ4v) is 3.54. The van der Waals surface area contributed by atoms with E-state index in [2.05, 4.69) is 4.90 Å². The minimum atomic E-state index is -0.568. The second-order valence-electron chi connectivity index (χ2n) is 5.53. The van der Waals surface area contributed by atoms with Crippen molar-refractivity contribution in [1.29, 1.82) is 0 Å². The molecule has 100 valence electrons. The molecule has 17 heavy (non-hydrogen) atoms. The summed E-state index contributed by atoms with van der Waals surface area (Å²) in [5.41, 5.74) is 5.34. The van der Waals surface area contributed by atoms with E-state index in [1.54, 1.807) is 0 Å². The number of piperidine rings is 1. The maximum atomic E-state index is 10.7. The van der Waals surface area contributed by atoms with Crippen molar-refractivity contribution >= 4 is 23.0 Å². The Morgan fingerprint density at radius 2 is 1.82 bits per heavy atom. The van der Waals surface area contributed by atoms with E-state index in [1.807, 2.05) is 23.0 Å².